The van der Waals surface area contributed by atoms with Crippen molar-refractivity contribution >= 4 is 27.6 Å². The van der Waals surface area contributed by atoms with Gasteiger partial charge < -0.3 is 4.98 Å². The van der Waals surface area contributed by atoms with E-state index in [1.54, 1.807) is 6.20 Å². The molecule has 4 rings (SSSR count). The van der Waals surface area contributed by atoms with Crippen LogP contribution in [0.1, 0.15) is 21.6 Å². The van der Waals surface area contributed by atoms with Crippen LogP contribution < -0.4 is 0 Å². The number of pyridine rings is 1. The second-order valence-corrected chi connectivity index (χ2v) is 5.45. The van der Waals surface area contributed by atoms with Crippen molar-refractivity contribution in [1.29, 1.82) is 0 Å². The molecule has 4 aromatic rings. The van der Waals surface area contributed by atoms with E-state index in [4.69, 9.17) is 0 Å². The Labute approximate surface area is 127 Å². The number of carbonyl (C=O) groups excluding carboxylic acids is 1. The highest BCUT2D eigenvalue weighted by atomic mass is 16.1. The van der Waals surface area contributed by atoms with E-state index in [1.165, 1.54) is 5.56 Å². The number of aryl methyl sites for hydroxylation is 1. The first-order chi connectivity index (χ1) is 10.7. The van der Waals surface area contributed by atoms with Crippen molar-refractivity contribution in [3.63, 3.8) is 0 Å². The lowest BCUT2D eigenvalue weighted by atomic mass is 10.1. The van der Waals surface area contributed by atoms with Crippen LogP contribution in [0.3, 0.4) is 0 Å². The summed E-state index contributed by atoms with van der Waals surface area (Å²) in [6.45, 7) is 2.06. The van der Waals surface area contributed by atoms with Crippen molar-refractivity contribution in [1.82, 2.24) is 9.97 Å². The number of nitrogens with zero attached hydrogens (tertiary/aromatic N) is 1. The van der Waals surface area contributed by atoms with E-state index >= 15 is 0 Å². The van der Waals surface area contributed by atoms with Crippen LogP contribution in [-0.2, 0) is 0 Å². The van der Waals surface area contributed by atoms with Crippen LogP contribution in [0.25, 0.3) is 21.8 Å². The van der Waals surface area contributed by atoms with E-state index in [0.29, 0.717) is 11.3 Å². The predicted octanol–water partition coefficient (Wildman–Crippen LogP) is 4.26. The molecule has 0 amide bonds. The number of ketones is 1. The summed E-state index contributed by atoms with van der Waals surface area (Å²) in [7, 11) is 0. The largest absolute Gasteiger partial charge is 0.353 e. The third kappa shape index (κ3) is 1.91. The summed E-state index contributed by atoms with van der Waals surface area (Å²) in [6, 6.07) is 17.4. The Morgan fingerprint density at radius 2 is 1.82 bits per heavy atom. The van der Waals surface area contributed by atoms with E-state index in [1.807, 2.05) is 42.5 Å². The fraction of sp³-hybridized carbons (Fsp3) is 0.0526. The van der Waals surface area contributed by atoms with Crippen LogP contribution >= 0.6 is 0 Å². The van der Waals surface area contributed by atoms with E-state index in [0.717, 1.165) is 21.8 Å². The normalized spacial score (nSPS) is 11.1. The number of aromatic nitrogens is 2. The first-order valence-corrected chi connectivity index (χ1v) is 7.21. The number of hydrogen-bond acceptors (Lipinski definition) is 2. The van der Waals surface area contributed by atoms with E-state index in [-0.39, 0.29) is 5.78 Å². The van der Waals surface area contributed by atoms with Crippen LogP contribution in [0.5, 0.6) is 0 Å². The topological polar surface area (TPSA) is 45.8 Å². The molecule has 1 N–H and O–H groups in total. The Kier molecular flexibility index (Phi) is 2.79. The number of benzene rings is 2. The average Bonchev–Trinajstić information content (AvgIpc) is 2.93. The molecule has 0 bridgehead atoms. The quantitative estimate of drug-likeness (QED) is 0.560. The number of H-pyrrole nitrogens is 1. The summed E-state index contributed by atoms with van der Waals surface area (Å²) in [4.78, 5) is 20.4. The van der Waals surface area contributed by atoms with Crippen molar-refractivity contribution in [3.05, 3.63) is 77.6 Å². The molecule has 0 radical (unpaired) electrons. The highest BCUT2D eigenvalue weighted by Crippen LogP contribution is 2.28. The number of nitrogens with one attached hydrogen (secondary N) is 1. The molecule has 2 heterocycles. The molecule has 0 atom stereocenters. The monoisotopic (exact) mass is 286 g/mol. The summed E-state index contributed by atoms with van der Waals surface area (Å²) in [5.41, 5.74) is 4.14. The minimum atomic E-state index is -0.0607. The van der Waals surface area contributed by atoms with E-state index < -0.39 is 0 Å². The minimum Gasteiger partial charge on any atom is -0.353 e. The first kappa shape index (κ1) is 12.8. The highest BCUT2D eigenvalue weighted by Gasteiger charge is 2.16. The number of rotatable bonds is 2. The van der Waals surface area contributed by atoms with Crippen LogP contribution in [0.4, 0.5) is 0 Å². The molecule has 0 aliphatic rings. The number of fused-ring (bicyclic) bond motifs is 3. The maximum atomic E-state index is 12.7. The lowest BCUT2D eigenvalue weighted by molar-refractivity contribution is 0.103. The molecule has 0 saturated heterocycles. The summed E-state index contributed by atoms with van der Waals surface area (Å²) in [5.74, 6) is -0.0607. The molecule has 106 valence electrons. The molecule has 22 heavy (non-hydrogen) atoms. The van der Waals surface area contributed by atoms with Gasteiger partial charge in [0.25, 0.3) is 0 Å². The summed E-state index contributed by atoms with van der Waals surface area (Å²) in [5, 5.41) is 2.16. The molecule has 0 spiro atoms. The highest BCUT2D eigenvalue weighted by molar-refractivity contribution is 6.18. The molecular formula is C19H14N2O. The zero-order chi connectivity index (χ0) is 15.1. The lowest BCUT2D eigenvalue weighted by Crippen LogP contribution is -2.04. The van der Waals surface area contributed by atoms with Crippen LogP contribution in [0.2, 0.25) is 0 Å². The Bertz CT molecular complexity index is 1000. The average molecular weight is 286 g/mol. The molecule has 0 unspecified atom stereocenters. The molecule has 0 aliphatic carbocycles. The zero-order valence-corrected chi connectivity index (χ0v) is 12.1. The molecule has 0 fully saturated rings. The standard InChI is InChI=1S/C19H14N2O/c1-12-7-8-16-15(11-12)14-9-10-20-18(17(14)21-16)19(22)13-5-3-2-4-6-13/h2-11,21H,1H3. The Morgan fingerprint density at radius 3 is 2.64 bits per heavy atom. The molecule has 2 aromatic carbocycles. The molecule has 2 aromatic heterocycles. The first-order valence-electron chi connectivity index (χ1n) is 7.21. The van der Waals surface area contributed by atoms with Crippen molar-refractivity contribution in [3.8, 4) is 0 Å². The second-order valence-electron chi connectivity index (χ2n) is 5.45. The maximum absolute atomic E-state index is 12.7. The maximum Gasteiger partial charge on any atom is 0.213 e. The molecule has 3 nitrogen and oxygen atoms in total. The van der Waals surface area contributed by atoms with Gasteiger partial charge >= 0.3 is 0 Å². The summed E-state index contributed by atoms with van der Waals surface area (Å²) in [6.07, 6.45) is 1.70. The third-order valence-electron chi connectivity index (χ3n) is 3.93. The van der Waals surface area contributed by atoms with E-state index in [2.05, 4.69) is 29.0 Å². The SMILES string of the molecule is Cc1ccc2[nH]c3c(C(=O)c4ccccc4)nccc3c2c1. The van der Waals surface area contributed by atoms with E-state index in [9.17, 15) is 4.79 Å². The minimum absolute atomic E-state index is 0.0607. The Balaban J connectivity index is 1.99. The number of carbonyl (C=O) groups is 1. The smallest absolute Gasteiger partial charge is 0.213 e. The van der Waals surface area contributed by atoms with Crippen LogP contribution in [0, 0.1) is 6.92 Å². The zero-order valence-electron chi connectivity index (χ0n) is 12.1. The van der Waals surface area contributed by atoms with Gasteiger partial charge in [-0.05, 0) is 25.1 Å². The van der Waals surface area contributed by atoms with Gasteiger partial charge in [-0.3, -0.25) is 9.78 Å². The fourth-order valence-electron chi connectivity index (χ4n) is 2.84. The van der Waals surface area contributed by atoms with Crippen molar-refractivity contribution in [2.24, 2.45) is 0 Å². The second kappa shape index (κ2) is 4.81. The van der Waals surface area contributed by atoms with Crippen molar-refractivity contribution in [2.45, 2.75) is 6.92 Å². The molecule has 0 aliphatic heterocycles. The predicted molar refractivity (Wildman–Crippen MR) is 88.2 cm³/mol. The van der Waals surface area contributed by atoms with Gasteiger partial charge in [0, 0.05) is 28.0 Å². The van der Waals surface area contributed by atoms with Gasteiger partial charge in [-0.15, -0.1) is 0 Å². The number of hydrogen-bond donors (Lipinski definition) is 1. The van der Waals surface area contributed by atoms with Crippen molar-refractivity contribution < 1.29 is 4.79 Å². The van der Waals surface area contributed by atoms with Gasteiger partial charge in [-0.1, -0.05) is 42.0 Å². The molecule has 3 heteroatoms. The van der Waals surface area contributed by atoms with Crippen molar-refractivity contribution in [2.75, 3.05) is 0 Å². The van der Waals surface area contributed by atoms with Gasteiger partial charge in [0.1, 0.15) is 5.69 Å². The van der Waals surface area contributed by atoms with Gasteiger partial charge in [0.05, 0.1) is 5.52 Å². The molecular weight excluding hydrogens is 272 g/mol. The summed E-state index contributed by atoms with van der Waals surface area (Å²) >= 11 is 0. The Hall–Kier alpha value is -2.94. The van der Waals surface area contributed by atoms with Crippen LogP contribution in [-0.4, -0.2) is 15.8 Å². The van der Waals surface area contributed by atoms with Gasteiger partial charge in [-0.2, -0.15) is 0 Å². The van der Waals surface area contributed by atoms with Crippen LogP contribution in [0.15, 0.2) is 60.8 Å². The number of aromatic amines is 1. The molecule has 0 saturated carbocycles. The lowest BCUT2D eigenvalue weighted by Gasteiger charge is -2.01. The van der Waals surface area contributed by atoms with Gasteiger partial charge in [0.15, 0.2) is 0 Å². The fourth-order valence-corrected chi connectivity index (χ4v) is 2.84. The third-order valence-corrected chi connectivity index (χ3v) is 3.93. The van der Waals surface area contributed by atoms with Gasteiger partial charge in [0.2, 0.25) is 5.78 Å². The summed E-state index contributed by atoms with van der Waals surface area (Å²) < 4.78 is 0. The Morgan fingerprint density at radius 1 is 1.00 bits per heavy atom. The van der Waals surface area contributed by atoms with Gasteiger partial charge in [-0.25, -0.2) is 0 Å².